The monoisotopic (exact) mass is 240 g/mol. The first-order valence-electron chi connectivity index (χ1n) is 5.68. The predicted molar refractivity (Wildman–Crippen MR) is 65.8 cm³/mol. The van der Waals surface area contributed by atoms with Crippen LogP contribution in [0, 0.1) is 0 Å². The Morgan fingerprint density at radius 1 is 1.59 bits per heavy atom. The van der Waals surface area contributed by atoms with Crippen molar-refractivity contribution >= 4 is 11.6 Å². The Hall–Kier alpha value is -1.56. The predicted octanol–water partition coefficient (Wildman–Crippen LogP) is 0.663. The summed E-state index contributed by atoms with van der Waals surface area (Å²) in [7, 11) is 3.30. The second-order valence-electron chi connectivity index (χ2n) is 3.93. The number of nitrogens with two attached hydrogens (primary N) is 1. The molecule has 0 saturated carbocycles. The van der Waals surface area contributed by atoms with Crippen LogP contribution in [-0.2, 0) is 11.2 Å². The molecule has 3 N–H and O–H groups in total. The highest BCUT2D eigenvalue weighted by molar-refractivity contribution is 5.97. The average molecular weight is 240 g/mol. The van der Waals surface area contributed by atoms with Gasteiger partial charge in [-0.2, -0.15) is 5.10 Å². The summed E-state index contributed by atoms with van der Waals surface area (Å²) < 4.78 is 4.92. The lowest BCUT2D eigenvalue weighted by Crippen LogP contribution is -2.30. The van der Waals surface area contributed by atoms with Crippen molar-refractivity contribution in [2.45, 2.75) is 19.8 Å². The molecule has 1 aromatic heterocycles. The Morgan fingerprint density at radius 2 is 2.29 bits per heavy atom. The van der Waals surface area contributed by atoms with E-state index in [9.17, 15) is 4.79 Å². The summed E-state index contributed by atoms with van der Waals surface area (Å²) in [6.45, 7) is 3.06. The van der Waals surface area contributed by atoms with Gasteiger partial charge in [0.05, 0.1) is 18.0 Å². The van der Waals surface area contributed by atoms with Gasteiger partial charge < -0.3 is 15.4 Å². The maximum absolute atomic E-state index is 12.0. The Kier molecular flexibility index (Phi) is 4.96. The molecule has 17 heavy (non-hydrogen) atoms. The van der Waals surface area contributed by atoms with Gasteiger partial charge >= 0.3 is 0 Å². The number of hydrogen-bond donors (Lipinski definition) is 2. The van der Waals surface area contributed by atoms with Gasteiger partial charge in [0.25, 0.3) is 5.91 Å². The number of aromatic amines is 1. The number of methoxy groups -OCH3 is 1. The van der Waals surface area contributed by atoms with E-state index in [-0.39, 0.29) is 5.91 Å². The second-order valence-corrected chi connectivity index (χ2v) is 3.93. The minimum atomic E-state index is -0.182. The Balaban J connectivity index is 2.75. The van der Waals surface area contributed by atoms with E-state index in [1.54, 1.807) is 19.1 Å². The van der Waals surface area contributed by atoms with Crippen LogP contribution in [0.5, 0.6) is 0 Å². The Bertz CT molecular complexity index is 376. The van der Waals surface area contributed by atoms with Crippen LogP contribution >= 0.6 is 0 Å². The van der Waals surface area contributed by atoms with E-state index in [4.69, 9.17) is 10.5 Å². The number of anilines is 1. The molecule has 0 unspecified atom stereocenters. The summed E-state index contributed by atoms with van der Waals surface area (Å²) in [5.74, 6) is -0.182. The number of hydrogen-bond acceptors (Lipinski definition) is 4. The standard InChI is InChI=1S/C11H20N4O2/c1-4-5-8-9(12)10(14-13-8)11(16)15(2)6-7-17-3/h4-7,12H2,1-3H3,(H,13,14). The third-order valence-electron chi connectivity index (χ3n) is 2.56. The first-order valence-corrected chi connectivity index (χ1v) is 5.68. The maximum Gasteiger partial charge on any atom is 0.276 e. The number of aryl methyl sites for hydroxylation is 1. The van der Waals surface area contributed by atoms with E-state index in [2.05, 4.69) is 10.2 Å². The van der Waals surface area contributed by atoms with E-state index >= 15 is 0 Å². The zero-order valence-corrected chi connectivity index (χ0v) is 10.6. The van der Waals surface area contributed by atoms with Gasteiger partial charge in [-0.1, -0.05) is 13.3 Å². The van der Waals surface area contributed by atoms with Crippen molar-refractivity contribution in [2.24, 2.45) is 0 Å². The van der Waals surface area contributed by atoms with E-state index in [0.29, 0.717) is 24.5 Å². The zero-order valence-electron chi connectivity index (χ0n) is 10.6. The van der Waals surface area contributed by atoms with Gasteiger partial charge in [-0.3, -0.25) is 9.89 Å². The first kappa shape index (κ1) is 13.5. The third kappa shape index (κ3) is 3.20. The van der Waals surface area contributed by atoms with Crippen LogP contribution < -0.4 is 5.73 Å². The van der Waals surface area contributed by atoms with Crippen molar-refractivity contribution in [3.05, 3.63) is 11.4 Å². The molecule has 1 rings (SSSR count). The summed E-state index contributed by atoms with van der Waals surface area (Å²) in [6.07, 6.45) is 1.76. The van der Waals surface area contributed by atoms with Gasteiger partial charge in [0.2, 0.25) is 0 Å². The molecule has 0 aromatic carbocycles. The second kappa shape index (κ2) is 6.24. The average Bonchev–Trinajstić information content (AvgIpc) is 2.68. The summed E-state index contributed by atoms with van der Waals surface area (Å²) in [5.41, 5.74) is 7.47. The topological polar surface area (TPSA) is 84.2 Å². The molecule has 0 radical (unpaired) electrons. The molecule has 6 heteroatoms. The van der Waals surface area contributed by atoms with E-state index in [1.807, 2.05) is 6.92 Å². The largest absolute Gasteiger partial charge is 0.395 e. The van der Waals surface area contributed by atoms with Gasteiger partial charge in [-0.15, -0.1) is 0 Å². The number of aromatic nitrogens is 2. The lowest BCUT2D eigenvalue weighted by Gasteiger charge is -2.15. The smallest absolute Gasteiger partial charge is 0.276 e. The Morgan fingerprint density at radius 3 is 2.88 bits per heavy atom. The molecule has 1 aromatic rings. The molecule has 0 bridgehead atoms. The van der Waals surface area contributed by atoms with E-state index < -0.39 is 0 Å². The van der Waals surface area contributed by atoms with Crippen LogP contribution in [-0.4, -0.2) is 48.3 Å². The molecule has 0 atom stereocenters. The van der Waals surface area contributed by atoms with Crippen LogP contribution in [0.15, 0.2) is 0 Å². The molecular formula is C11H20N4O2. The fourth-order valence-electron chi connectivity index (χ4n) is 1.50. The summed E-state index contributed by atoms with van der Waals surface area (Å²) in [4.78, 5) is 13.5. The van der Waals surface area contributed by atoms with Crippen LogP contribution in [0.2, 0.25) is 0 Å². The molecule has 0 aliphatic heterocycles. The molecule has 1 heterocycles. The number of H-pyrrole nitrogens is 1. The van der Waals surface area contributed by atoms with Crippen molar-refractivity contribution in [3.8, 4) is 0 Å². The molecule has 0 aliphatic rings. The first-order chi connectivity index (χ1) is 8.11. The highest BCUT2D eigenvalue weighted by atomic mass is 16.5. The minimum Gasteiger partial charge on any atom is -0.395 e. The highest BCUT2D eigenvalue weighted by Crippen LogP contribution is 2.16. The fraction of sp³-hybridized carbons (Fsp3) is 0.636. The molecule has 6 nitrogen and oxygen atoms in total. The Labute approximate surface area is 101 Å². The molecule has 1 amide bonds. The number of carbonyl (C=O) groups is 1. The molecule has 0 aliphatic carbocycles. The van der Waals surface area contributed by atoms with Gasteiger partial charge in [0.1, 0.15) is 0 Å². The number of nitrogens with zero attached hydrogens (tertiary/aromatic N) is 2. The lowest BCUT2D eigenvalue weighted by atomic mass is 10.2. The summed E-state index contributed by atoms with van der Waals surface area (Å²) in [5, 5.41) is 6.79. The molecule has 0 saturated heterocycles. The van der Waals surface area contributed by atoms with Crippen molar-refractivity contribution in [2.75, 3.05) is 33.0 Å². The minimum absolute atomic E-state index is 0.182. The quantitative estimate of drug-likeness (QED) is 0.765. The number of ether oxygens (including phenoxy) is 1. The molecule has 96 valence electrons. The summed E-state index contributed by atoms with van der Waals surface area (Å²) in [6, 6.07) is 0. The highest BCUT2D eigenvalue weighted by Gasteiger charge is 2.19. The molecular weight excluding hydrogens is 220 g/mol. The fourth-order valence-corrected chi connectivity index (χ4v) is 1.50. The third-order valence-corrected chi connectivity index (χ3v) is 2.56. The van der Waals surface area contributed by atoms with Crippen molar-refractivity contribution < 1.29 is 9.53 Å². The number of nitrogen functional groups attached to an aromatic ring is 1. The van der Waals surface area contributed by atoms with Crippen molar-refractivity contribution in [3.63, 3.8) is 0 Å². The van der Waals surface area contributed by atoms with Gasteiger partial charge in [-0.05, 0) is 6.42 Å². The number of carbonyl (C=O) groups excluding carboxylic acids is 1. The van der Waals surface area contributed by atoms with Gasteiger partial charge in [0.15, 0.2) is 5.69 Å². The van der Waals surface area contributed by atoms with Gasteiger partial charge in [0, 0.05) is 20.7 Å². The van der Waals surface area contributed by atoms with Crippen molar-refractivity contribution in [1.82, 2.24) is 15.1 Å². The van der Waals surface area contributed by atoms with E-state index in [0.717, 1.165) is 18.5 Å². The van der Waals surface area contributed by atoms with E-state index in [1.165, 1.54) is 0 Å². The maximum atomic E-state index is 12.0. The zero-order chi connectivity index (χ0) is 12.8. The van der Waals surface area contributed by atoms with Crippen LogP contribution in [0.1, 0.15) is 29.5 Å². The number of likely N-dealkylation sites (N-methyl/N-ethyl adjacent to an activating group) is 1. The molecule has 0 spiro atoms. The summed E-state index contributed by atoms with van der Waals surface area (Å²) >= 11 is 0. The molecule has 0 fully saturated rings. The van der Waals surface area contributed by atoms with Crippen LogP contribution in [0.3, 0.4) is 0 Å². The number of nitrogens with one attached hydrogen (secondary N) is 1. The van der Waals surface area contributed by atoms with Crippen molar-refractivity contribution in [1.29, 1.82) is 0 Å². The van der Waals surface area contributed by atoms with Crippen LogP contribution in [0.4, 0.5) is 5.69 Å². The number of rotatable bonds is 6. The van der Waals surface area contributed by atoms with Gasteiger partial charge in [-0.25, -0.2) is 0 Å². The van der Waals surface area contributed by atoms with Crippen LogP contribution in [0.25, 0.3) is 0 Å². The lowest BCUT2D eigenvalue weighted by molar-refractivity contribution is 0.0739. The SMILES string of the molecule is CCCc1[nH]nc(C(=O)N(C)CCOC)c1N. The normalized spacial score (nSPS) is 10.5. The number of amides is 1.